The first-order valence-corrected chi connectivity index (χ1v) is 7.96. The number of rotatable bonds is 5. The third-order valence-corrected chi connectivity index (χ3v) is 3.94. The summed E-state index contributed by atoms with van der Waals surface area (Å²) in [5.74, 6) is 1.01. The Hall–Kier alpha value is -3.81. The van der Waals surface area contributed by atoms with Crippen molar-refractivity contribution < 1.29 is 4.79 Å². The summed E-state index contributed by atoms with van der Waals surface area (Å²) in [6, 6.07) is 13.7. The van der Waals surface area contributed by atoms with Gasteiger partial charge in [-0.1, -0.05) is 24.3 Å². The Morgan fingerprint density at radius 1 is 1.15 bits per heavy atom. The second-order valence-electron chi connectivity index (χ2n) is 5.82. The molecule has 0 atom stereocenters. The lowest BCUT2D eigenvalue weighted by molar-refractivity contribution is -0.113. The van der Waals surface area contributed by atoms with Crippen LogP contribution in [0.15, 0.2) is 48.5 Å². The van der Waals surface area contributed by atoms with Gasteiger partial charge in [0.1, 0.15) is 5.82 Å². The number of aromatic amines is 2. The van der Waals surface area contributed by atoms with Crippen molar-refractivity contribution in [1.82, 2.24) is 30.6 Å². The molecule has 0 saturated carbocycles. The van der Waals surface area contributed by atoms with Gasteiger partial charge in [0.2, 0.25) is 5.91 Å². The number of hydrogen-bond donors (Lipinski definition) is 3. The molecule has 8 heteroatoms. The van der Waals surface area contributed by atoms with Gasteiger partial charge >= 0.3 is 0 Å². The van der Waals surface area contributed by atoms with Crippen LogP contribution in [0.5, 0.6) is 0 Å². The summed E-state index contributed by atoms with van der Waals surface area (Å²) in [6.45, 7) is 0. The Bertz CT molecular complexity index is 1080. The van der Waals surface area contributed by atoms with Crippen LogP contribution in [0.25, 0.3) is 28.5 Å². The highest BCUT2D eigenvalue weighted by atomic mass is 16.1. The molecule has 2 heterocycles. The number of primary amides is 1. The van der Waals surface area contributed by atoms with Gasteiger partial charge in [0.25, 0.3) is 0 Å². The molecular weight excluding hydrogens is 330 g/mol. The van der Waals surface area contributed by atoms with Crippen molar-refractivity contribution >= 4 is 23.0 Å². The Morgan fingerprint density at radius 3 is 2.73 bits per heavy atom. The second-order valence-corrected chi connectivity index (χ2v) is 5.82. The van der Waals surface area contributed by atoms with Crippen LogP contribution in [-0.4, -0.2) is 36.5 Å². The van der Waals surface area contributed by atoms with E-state index in [1.54, 1.807) is 6.08 Å². The summed E-state index contributed by atoms with van der Waals surface area (Å²) in [5, 5.41) is 13.8. The number of aromatic nitrogens is 6. The number of imidazole rings is 1. The summed E-state index contributed by atoms with van der Waals surface area (Å²) >= 11 is 0. The minimum absolute atomic E-state index is 0.461. The molecule has 2 aromatic heterocycles. The lowest BCUT2D eigenvalue weighted by Crippen LogP contribution is -2.05. The van der Waals surface area contributed by atoms with E-state index >= 15 is 0 Å². The zero-order valence-electron chi connectivity index (χ0n) is 13.7. The second kappa shape index (κ2) is 6.60. The van der Waals surface area contributed by atoms with Gasteiger partial charge in [-0.05, 0) is 45.8 Å². The fourth-order valence-electron chi connectivity index (χ4n) is 2.69. The molecule has 0 spiro atoms. The van der Waals surface area contributed by atoms with Gasteiger partial charge in [0, 0.05) is 18.1 Å². The van der Waals surface area contributed by atoms with Gasteiger partial charge in [-0.2, -0.15) is 0 Å². The Balaban J connectivity index is 1.54. The van der Waals surface area contributed by atoms with E-state index in [2.05, 4.69) is 30.6 Å². The lowest BCUT2D eigenvalue weighted by Gasteiger charge is -1.99. The number of hydrogen-bond acceptors (Lipinski definition) is 5. The smallest absolute Gasteiger partial charge is 0.241 e. The molecule has 0 aliphatic carbocycles. The molecule has 4 rings (SSSR count). The van der Waals surface area contributed by atoms with Gasteiger partial charge in [0.05, 0.1) is 11.0 Å². The molecule has 8 nitrogen and oxygen atoms in total. The lowest BCUT2D eigenvalue weighted by atomic mass is 10.1. The first-order chi connectivity index (χ1) is 12.7. The Morgan fingerprint density at radius 2 is 2.00 bits per heavy atom. The molecule has 0 radical (unpaired) electrons. The van der Waals surface area contributed by atoms with Crippen LogP contribution in [0.2, 0.25) is 0 Å². The highest BCUT2D eigenvalue weighted by Gasteiger charge is 2.08. The zero-order chi connectivity index (χ0) is 17.9. The third kappa shape index (κ3) is 3.34. The van der Waals surface area contributed by atoms with E-state index in [9.17, 15) is 4.79 Å². The van der Waals surface area contributed by atoms with Crippen LogP contribution < -0.4 is 5.73 Å². The maximum Gasteiger partial charge on any atom is 0.241 e. The zero-order valence-corrected chi connectivity index (χ0v) is 13.7. The molecule has 2 aromatic carbocycles. The molecule has 4 aromatic rings. The molecule has 0 fully saturated rings. The van der Waals surface area contributed by atoms with Crippen molar-refractivity contribution in [1.29, 1.82) is 0 Å². The van der Waals surface area contributed by atoms with Crippen molar-refractivity contribution in [2.75, 3.05) is 0 Å². The average molecular weight is 345 g/mol. The van der Waals surface area contributed by atoms with Crippen molar-refractivity contribution in [3.05, 3.63) is 65.5 Å². The molecule has 4 N–H and O–H groups in total. The van der Waals surface area contributed by atoms with Gasteiger partial charge in [-0.25, -0.2) is 10.1 Å². The maximum absolute atomic E-state index is 10.8. The standard InChI is InChI=1S/C18H15N7O/c19-16(26)8-5-11-1-3-12(4-2-11)9-17-20-14-7-6-13(10-15(14)21-17)18-22-24-25-23-18/h1-8,10H,9H2,(H2,19,26)(H,20,21)(H,22,23,24,25)/b8-5+. The van der Waals surface area contributed by atoms with E-state index < -0.39 is 5.91 Å². The Labute approximate surface area is 148 Å². The van der Waals surface area contributed by atoms with Gasteiger partial charge in [0.15, 0.2) is 5.82 Å². The van der Waals surface area contributed by atoms with E-state index in [0.717, 1.165) is 33.5 Å². The highest BCUT2D eigenvalue weighted by Crippen LogP contribution is 2.21. The maximum atomic E-state index is 10.8. The molecule has 0 unspecified atom stereocenters. The van der Waals surface area contributed by atoms with Gasteiger partial charge in [-0.3, -0.25) is 4.79 Å². The molecule has 26 heavy (non-hydrogen) atoms. The number of tetrazole rings is 1. The molecule has 128 valence electrons. The van der Waals surface area contributed by atoms with E-state index in [1.807, 2.05) is 42.5 Å². The minimum Gasteiger partial charge on any atom is -0.366 e. The summed E-state index contributed by atoms with van der Waals surface area (Å²) in [4.78, 5) is 18.7. The topological polar surface area (TPSA) is 126 Å². The van der Waals surface area contributed by atoms with E-state index in [-0.39, 0.29) is 0 Å². The third-order valence-electron chi connectivity index (χ3n) is 3.94. The molecule has 1 amide bonds. The van der Waals surface area contributed by atoms with Crippen LogP contribution in [0.4, 0.5) is 0 Å². The predicted octanol–water partition coefficient (Wildman–Crippen LogP) is 1.83. The number of amides is 1. The van der Waals surface area contributed by atoms with E-state index in [4.69, 9.17) is 5.73 Å². The first kappa shape index (κ1) is 15.7. The van der Waals surface area contributed by atoms with Crippen LogP contribution in [-0.2, 0) is 11.2 Å². The number of carbonyl (C=O) groups excluding carboxylic acids is 1. The summed E-state index contributed by atoms with van der Waals surface area (Å²) in [6.07, 6.45) is 3.71. The Kier molecular flexibility index (Phi) is 3.98. The van der Waals surface area contributed by atoms with Crippen LogP contribution in [0.3, 0.4) is 0 Å². The fourth-order valence-corrected chi connectivity index (χ4v) is 2.69. The van der Waals surface area contributed by atoms with Gasteiger partial charge in [-0.15, -0.1) is 5.10 Å². The van der Waals surface area contributed by atoms with E-state index in [1.165, 1.54) is 6.08 Å². The van der Waals surface area contributed by atoms with Crippen LogP contribution in [0.1, 0.15) is 17.0 Å². The number of fused-ring (bicyclic) bond motifs is 1. The van der Waals surface area contributed by atoms with Crippen molar-refractivity contribution in [2.24, 2.45) is 5.73 Å². The highest BCUT2D eigenvalue weighted by molar-refractivity contribution is 5.90. The first-order valence-electron chi connectivity index (χ1n) is 7.96. The number of carbonyl (C=O) groups is 1. The molecule has 0 bridgehead atoms. The molecular formula is C18H15N7O. The minimum atomic E-state index is -0.461. The van der Waals surface area contributed by atoms with Crippen molar-refractivity contribution in [3.8, 4) is 11.4 Å². The number of H-pyrrole nitrogens is 2. The number of nitrogens with two attached hydrogens (primary N) is 1. The van der Waals surface area contributed by atoms with Crippen molar-refractivity contribution in [2.45, 2.75) is 6.42 Å². The van der Waals surface area contributed by atoms with Crippen molar-refractivity contribution in [3.63, 3.8) is 0 Å². The predicted molar refractivity (Wildman–Crippen MR) is 96.7 cm³/mol. The van der Waals surface area contributed by atoms with E-state index in [0.29, 0.717) is 12.2 Å². The summed E-state index contributed by atoms with van der Waals surface area (Å²) in [5.41, 5.74) is 9.82. The normalized spacial score (nSPS) is 11.4. The SMILES string of the molecule is NC(=O)/C=C/c1ccc(Cc2nc3cc(-c4nnn[nH]4)ccc3[nH]2)cc1. The largest absolute Gasteiger partial charge is 0.366 e. The monoisotopic (exact) mass is 345 g/mol. The number of benzene rings is 2. The van der Waals surface area contributed by atoms with Crippen LogP contribution >= 0.6 is 0 Å². The number of nitrogens with one attached hydrogen (secondary N) is 2. The summed E-state index contributed by atoms with van der Waals surface area (Å²) < 4.78 is 0. The molecule has 0 aliphatic heterocycles. The van der Waals surface area contributed by atoms with Gasteiger partial charge < -0.3 is 10.7 Å². The average Bonchev–Trinajstić information content (AvgIpc) is 3.29. The molecule has 0 aliphatic rings. The summed E-state index contributed by atoms with van der Waals surface area (Å²) in [7, 11) is 0. The van der Waals surface area contributed by atoms with Crippen LogP contribution in [0, 0.1) is 0 Å². The molecule has 0 saturated heterocycles. The fraction of sp³-hybridized carbons (Fsp3) is 0.0556. The number of nitrogens with zero attached hydrogens (tertiary/aromatic N) is 4. The quantitative estimate of drug-likeness (QED) is 0.476.